The fourth-order valence-corrected chi connectivity index (χ4v) is 4.15. The molecule has 0 fully saturated rings. The van der Waals surface area contributed by atoms with Crippen LogP contribution in [0, 0.1) is 0 Å². The predicted octanol–water partition coefficient (Wildman–Crippen LogP) is 7.98. The van der Waals surface area contributed by atoms with E-state index in [1.165, 1.54) is 6.08 Å². The number of carboxylic acids is 1. The van der Waals surface area contributed by atoms with Gasteiger partial charge in [-0.25, -0.2) is 4.79 Å². The van der Waals surface area contributed by atoms with Crippen molar-refractivity contribution in [3.8, 4) is 11.5 Å². The summed E-state index contributed by atoms with van der Waals surface area (Å²) in [5, 5.41) is 21.7. The highest BCUT2D eigenvalue weighted by atomic mass is 35.5. The van der Waals surface area contributed by atoms with Gasteiger partial charge in [-0.1, -0.05) is 54.1 Å². The van der Waals surface area contributed by atoms with Crippen LogP contribution in [0.2, 0.25) is 5.02 Å². The number of hydrogen-bond acceptors (Lipinski definition) is 7. The molecule has 220 valence electrons. The normalized spacial score (nSPS) is 12.1. The minimum atomic E-state index is -1.00. The first kappa shape index (κ1) is 31.0. The van der Waals surface area contributed by atoms with Gasteiger partial charge in [0.1, 0.15) is 17.5 Å². The molecule has 43 heavy (non-hydrogen) atoms. The van der Waals surface area contributed by atoms with Gasteiger partial charge in [0.2, 0.25) is 0 Å². The van der Waals surface area contributed by atoms with Crippen LogP contribution >= 0.6 is 11.6 Å². The number of carboxylic acid groups (broad SMARTS) is 1. The maximum atomic E-state index is 12.4. The lowest BCUT2D eigenvalue weighted by Gasteiger charge is -2.16. The van der Waals surface area contributed by atoms with Crippen LogP contribution in [-0.4, -0.2) is 36.1 Å². The molecule has 0 aliphatic carbocycles. The number of nitrogens with one attached hydrogen (secondary N) is 1. The molecule has 2 N–H and O–H groups in total. The SMILES string of the molecule is C/C(=C\C(=O)c1ccccc1)NC(Cc1ccc(OCCCOc2ccc(N=Nc3ccc(Cl)cc3)cc2)cc1)C(=O)O. The molecular formula is C34H32ClN3O5. The Morgan fingerprint density at radius 3 is 1.91 bits per heavy atom. The van der Waals surface area contributed by atoms with Crippen molar-refractivity contribution in [2.24, 2.45) is 10.2 Å². The number of carbonyl (C=O) groups is 2. The highest BCUT2D eigenvalue weighted by molar-refractivity contribution is 6.30. The summed E-state index contributed by atoms with van der Waals surface area (Å²) in [6, 6.07) is 29.7. The standard InChI is InChI=1S/C34H32ClN3O5/c1-24(22-33(39)26-6-3-2-4-7-26)36-32(34(40)41)23-25-8-16-30(17-9-25)42-20-5-21-43-31-18-14-29(15-19-31)38-37-28-12-10-27(35)11-13-28/h2-4,6-19,22,32,36H,5,20-21,23H2,1H3,(H,40,41)/b24-22+,38-37?. The van der Waals surface area contributed by atoms with E-state index >= 15 is 0 Å². The van der Waals surface area contributed by atoms with Gasteiger partial charge in [0, 0.05) is 35.2 Å². The van der Waals surface area contributed by atoms with E-state index in [1.807, 2.05) is 54.6 Å². The van der Waals surface area contributed by atoms with E-state index in [1.54, 1.807) is 55.5 Å². The third-order valence-electron chi connectivity index (χ3n) is 6.24. The lowest BCUT2D eigenvalue weighted by atomic mass is 10.1. The molecule has 0 saturated carbocycles. The first-order valence-corrected chi connectivity index (χ1v) is 14.1. The fourth-order valence-electron chi connectivity index (χ4n) is 4.03. The topological polar surface area (TPSA) is 110 Å². The first-order chi connectivity index (χ1) is 20.9. The molecule has 4 aromatic carbocycles. The van der Waals surface area contributed by atoms with Crippen LogP contribution in [-0.2, 0) is 11.2 Å². The second kappa shape index (κ2) is 15.9. The molecule has 9 heteroatoms. The highest BCUT2D eigenvalue weighted by Gasteiger charge is 2.18. The van der Waals surface area contributed by atoms with E-state index in [4.69, 9.17) is 21.1 Å². The van der Waals surface area contributed by atoms with Crippen LogP contribution in [0.4, 0.5) is 11.4 Å². The molecule has 0 radical (unpaired) electrons. The molecule has 4 aromatic rings. The second-order valence-electron chi connectivity index (χ2n) is 9.66. The molecule has 0 spiro atoms. The zero-order chi connectivity index (χ0) is 30.4. The number of nitrogens with zero attached hydrogens (tertiary/aromatic N) is 2. The third kappa shape index (κ3) is 10.4. The van der Waals surface area contributed by atoms with Gasteiger partial charge in [-0.2, -0.15) is 10.2 Å². The van der Waals surface area contributed by atoms with Crippen LogP contribution in [0.3, 0.4) is 0 Å². The minimum Gasteiger partial charge on any atom is -0.493 e. The number of carbonyl (C=O) groups excluding carboxylic acids is 1. The molecule has 0 amide bonds. The Labute approximate surface area is 255 Å². The average Bonchev–Trinajstić information content (AvgIpc) is 3.02. The molecule has 0 aliphatic rings. The number of azo groups is 1. The van der Waals surface area contributed by atoms with Gasteiger partial charge >= 0.3 is 5.97 Å². The zero-order valence-electron chi connectivity index (χ0n) is 23.7. The van der Waals surface area contributed by atoms with E-state index in [9.17, 15) is 14.7 Å². The van der Waals surface area contributed by atoms with Gasteiger partial charge in [-0.05, 0) is 73.2 Å². The number of benzene rings is 4. The van der Waals surface area contributed by atoms with Gasteiger partial charge in [0.25, 0.3) is 0 Å². The average molecular weight is 598 g/mol. The molecule has 8 nitrogen and oxygen atoms in total. The Bertz CT molecular complexity index is 1540. The third-order valence-corrected chi connectivity index (χ3v) is 6.49. The molecular weight excluding hydrogens is 566 g/mol. The molecule has 0 aromatic heterocycles. The number of hydrogen-bond donors (Lipinski definition) is 2. The van der Waals surface area contributed by atoms with E-state index in [0.717, 1.165) is 17.0 Å². The summed E-state index contributed by atoms with van der Waals surface area (Å²) in [6.45, 7) is 2.63. The Morgan fingerprint density at radius 2 is 1.35 bits per heavy atom. The molecule has 0 heterocycles. The van der Waals surface area contributed by atoms with Gasteiger partial charge < -0.3 is 19.9 Å². The van der Waals surface area contributed by atoms with Crippen molar-refractivity contribution >= 4 is 34.7 Å². The van der Waals surface area contributed by atoms with Crippen LogP contribution in [0.15, 0.2) is 125 Å². The van der Waals surface area contributed by atoms with Crippen molar-refractivity contribution < 1.29 is 24.2 Å². The smallest absolute Gasteiger partial charge is 0.326 e. The van der Waals surface area contributed by atoms with Gasteiger partial charge in [0.05, 0.1) is 24.6 Å². The molecule has 0 aliphatic heterocycles. The van der Waals surface area contributed by atoms with Crippen molar-refractivity contribution in [3.63, 3.8) is 0 Å². The van der Waals surface area contributed by atoms with Crippen LogP contribution < -0.4 is 14.8 Å². The Hall–Kier alpha value is -4.95. The number of aliphatic carboxylic acids is 1. The van der Waals surface area contributed by atoms with Gasteiger partial charge in [0.15, 0.2) is 5.78 Å². The number of ether oxygens (including phenoxy) is 2. The Kier molecular flexibility index (Phi) is 11.5. The second-order valence-corrected chi connectivity index (χ2v) is 10.1. The number of ketones is 1. The summed E-state index contributed by atoms with van der Waals surface area (Å²) in [6.07, 6.45) is 2.34. The van der Waals surface area contributed by atoms with Crippen molar-refractivity contribution in [2.75, 3.05) is 13.2 Å². The highest BCUT2D eigenvalue weighted by Crippen LogP contribution is 2.22. The first-order valence-electron chi connectivity index (χ1n) is 13.7. The molecule has 0 bridgehead atoms. The van der Waals surface area contributed by atoms with Gasteiger partial charge in [-0.3, -0.25) is 4.79 Å². The fraction of sp³-hybridized carbons (Fsp3) is 0.176. The largest absolute Gasteiger partial charge is 0.493 e. The maximum absolute atomic E-state index is 12.4. The Balaban J connectivity index is 1.17. The van der Waals surface area contributed by atoms with Crippen molar-refractivity contribution in [1.29, 1.82) is 0 Å². The minimum absolute atomic E-state index is 0.187. The maximum Gasteiger partial charge on any atom is 0.326 e. The molecule has 4 rings (SSSR count). The van der Waals surface area contributed by atoms with E-state index < -0.39 is 12.0 Å². The monoisotopic (exact) mass is 597 g/mol. The number of allylic oxidation sites excluding steroid dienone is 2. The summed E-state index contributed by atoms with van der Waals surface area (Å²) < 4.78 is 11.6. The van der Waals surface area contributed by atoms with E-state index in [2.05, 4.69) is 15.5 Å². The summed E-state index contributed by atoms with van der Waals surface area (Å²) in [7, 11) is 0. The van der Waals surface area contributed by atoms with Crippen molar-refractivity contribution in [2.45, 2.75) is 25.8 Å². The Morgan fingerprint density at radius 1 is 0.814 bits per heavy atom. The van der Waals surface area contributed by atoms with Crippen molar-refractivity contribution in [1.82, 2.24) is 5.32 Å². The molecule has 0 saturated heterocycles. The quantitative estimate of drug-likeness (QED) is 0.0622. The van der Waals surface area contributed by atoms with E-state index in [0.29, 0.717) is 47.4 Å². The summed E-state index contributed by atoms with van der Waals surface area (Å²) >= 11 is 5.88. The number of rotatable bonds is 15. The summed E-state index contributed by atoms with van der Waals surface area (Å²) in [5.74, 6) is 0.222. The summed E-state index contributed by atoms with van der Waals surface area (Å²) in [5.41, 5.74) is 3.29. The lowest BCUT2D eigenvalue weighted by Crippen LogP contribution is -2.37. The lowest BCUT2D eigenvalue weighted by molar-refractivity contribution is -0.139. The van der Waals surface area contributed by atoms with Crippen LogP contribution in [0.25, 0.3) is 0 Å². The van der Waals surface area contributed by atoms with Gasteiger partial charge in [-0.15, -0.1) is 0 Å². The zero-order valence-corrected chi connectivity index (χ0v) is 24.4. The predicted molar refractivity (Wildman–Crippen MR) is 167 cm³/mol. The number of halogens is 1. The van der Waals surface area contributed by atoms with Crippen LogP contribution in [0.5, 0.6) is 11.5 Å². The van der Waals surface area contributed by atoms with E-state index in [-0.39, 0.29) is 12.2 Å². The summed E-state index contributed by atoms with van der Waals surface area (Å²) in [4.78, 5) is 24.2. The van der Waals surface area contributed by atoms with Crippen LogP contribution in [0.1, 0.15) is 29.3 Å². The molecule has 1 atom stereocenters. The van der Waals surface area contributed by atoms with Crippen molar-refractivity contribution in [3.05, 3.63) is 131 Å². The molecule has 1 unspecified atom stereocenters.